The molecule has 0 atom stereocenters. The first kappa shape index (κ1) is 17.8. The van der Waals surface area contributed by atoms with Crippen molar-refractivity contribution in [1.82, 2.24) is 15.0 Å². The second-order valence-corrected chi connectivity index (χ2v) is 8.26. The number of nitrogens with zero attached hydrogens (tertiary/aromatic N) is 2. The number of thiazole rings is 1. The topological polar surface area (TPSA) is 70.7 Å². The van der Waals surface area contributed by atoms with Gasteiger partial charge in [-0.3, -0.25) is 4.79 Å². The Morgan fingerprint density at radius 3 is 2.89 bits per heavy atom. The van der Waals surface area contributed by atoms with E-state index < -0.39 is 0 Å². The highest BCUT2D eigenvalue weighted by Gasteiger charge is 2.09. The van der Waals surface area contributed by atoms with Crippen molar-refractivity contribution in [2.45, 2.75) is 19.0 Å². The van der Waals surface area contributed by atoms with E-state index in [0.717, 1.165) is 38.1 Å². The number of carbonyl (C=O) groups excluding carboxylic acids is 1. The van der Waals surface area contributed by atoms with Crippen molar-refractivity contribution in [1.29, 1.82) is 0 Å². The fraction of sp³-hybridized carbons (Fsp3) is 0.150. The van der Waals surface area contributed by atoms with E-state index in [2.05, 4.69) is 26.3 Å². The largest absolute Gasteiger partial charge is 0.333 e. The predicted octanol–water partition coefficient (Wildman–Crippen LogP) is 5.03. The van der Waals surface area contributed by atoms with Crippen molar-refractivity contribution in [2.24, 2.45) is 0 Å². The van der Waals surface area contributed by atoms with Gasteiger partial charge in [-0.1, -0.05) is 30.0 Å². The van der Waals surface area contributed by atoms with Crippen molar-refractivity contribution in [3.05, 3.63) is 58.4 Å². The number of hydrogen-bond acceptors (Lipinski definition) is 5. The van der Waals surface area contributed by atoms with E-state index in [1.807, 2.05) is 55.6 Å². The number of anilines is 1. The fourth-order valence-corrected chi connectivity index (χ4v) is 4.06. The monoisotopic (exact) mass is 394 g/mol. The van der Waals surface area contributed by atoms with Gasteiger partial charge in [-0.15, -0.1) is 11.3 Å². The second kappa shape index (κ2) is 7.54. The van der Waals surface area contributed by atoms with Gasteiger partial charge in [0, 0.05) is 16.6 Å². The van der Waals surface area contributed by atoms with Crippen molar-refractivity contribution in [3.63, 3.8) is 0 Å². The quantitative estimate of drug-likeness (QED) is 0.466. The molecule has 0 spiro atoms. The molecule has 4 rings (SSSR count). The van der Waals surface area contributed by atoms with Crippen LogP contribution in [0.1, 0.15) is 10.6 Å². The molecule has 5 nitrogen and oxygen atoms in total. The number of nitrogens with one attached hydrogen (secondary N) is 2. The number of aromatic nitrogens is 3. The van der Waals surface area contributed by atoms with Crippen molar-refractivity contribution in [3.8, 4) is 11.3 Å². The Bertz CT molecular complexity index is 1120. The van der Waals surface area contributed by atoms with Crippen LogP contribution in [0.15, 0.2) is 53.0 Å². The Labute approximate surface area is 165 Å². The highest BCUT2D eigenvalue weighted by atomic mass is 32.2. The first-order valence-corrected chi connectivity index (χ1v) is 10.3. The van der Waals surface area contributed by atoms with Crippen molar-refractivity contribution >= 4 is 45.7 Å². The van der Waals surface area contributed by atoms with Crippen LogP contribution in [-0.4, -0.2) is 26.6 Å². The number of aromatic amines is 1. The predicted molar refractivity (Wildman–Crippen MR) is 112 cm³/mol. The number of carbonyl (C=O) groups is 1. The first-order chi connectivity index (χ1) is 13.1. The number of H-pyrrole nitrogens is 1. The lowest BCUT2D eigenvalue weighted by Crippen LogP contribution is -2.14. The van der Waals surface area contributed by atoms with Crippen LogP contribution in [0.3, 0.4) is 0 Å². The molecule has 7 heteroatoms. The molecule has 136 valence electrons. The highest BCUT2D eigenvalue weighted by Crippen LogP contribution is 2.25. The maximum Gasteiger partial charge on any atom is 0.234 e. The van der Waals surface area contributed by atoms with Gasteiger partial charge in [0.05, 0.1) is 27.5 Å². The van der Waals surface area contributed by atoms with Crippen LogP contribution < -0.4 is 5.32 Å². The third-order valence-corrected chi connectivity index (χ3v) is 5.66. The SMILES string of the molecule is Cc1ccc2nc(SCC(=O)Nc3cccc(-c4csc(C)n4)c3)[nH]c2c1. The molecular formula is C20H18N4OS2. The molecule has 0 aliphatic carbocycles. The maximum atomic E-state index is 12.3. The molecule has 4 aromatic rings. The Morgan fingerprint density at radius 1 is 1.19 bits per heavy atom. The number of benzene rings is 2. The van der Waals surface area contributed by atoms with E-state index in [1.165, 1.54) is 17.3 Å². The molecule has 2 aromatic carbocycles. The Kier molecular flexibility index (Phi) is 4.96. The van der Waals surface area contributed by atoms with Gasteiger partial charge < -0.3 is 10.3 Å². The summed E-state index contributed by atoms with van der Waals surface area (Å²) in [6.07, 6.45) is 0. The van der Waals surface area contributed by atoms with Crippen LogP contribution in [-0.2, 0) is 4.79 Å². The number of imidazole rings is 1. The molecule has 0 radical (unpaired) electrons. The average molecular weight is 395 g/mol. The molecule has 27 heavy (non-hydrogen) atoms. The van der Waals surface area contributed by atoms with Crippen LogP contribution >= 0.6 is 23.1 Å². The minimum Gasteiger partial charge on any atom is -0.333 e. The fourth-order valence-electron chi connectivity index (χ4n) is 2.75. The Hall–Kier alpha value is -2.64. The smallest absolute Gasteiger partial charge is 0.234 e. The molecule has 0 saturated carbocycles. The zero-order valence-corrected chi connectivity index (χ0v) is 16.6. The Balaban J connectivity index is 1.40. The van der Waals surface area contributed by atoms with Crippen molar-refractivity contribution in [2.75, 3.05) is 11.1 Å². The standard InChI is InChI=1S/C20H18N4OS2/c1-12-6-7-16-17(8-12)24-20(23-16)27-11-19(25)22-15-5-3-4-14(9-15)18-10-26-13(2)21-18/h3-10H,11H2,1-2H3,(H,22,25)(H,23,24). The number of aryl methyl sites for hydroxylation is 2. The molecule has 0 unspecified atom stereocenters. The molecule has 0 saturated heterocycles. The normalized spacial score (nSPS) is 11.0. The van der Waals surface area contributed by atoms with E-state index in [4.69, 9.17) is 0 Å². The van der Waals surface area contributed by atoms with Crippen LogP contribution in [0.2, 0.25) is 0 Å². The summed E-state index contributed by atoms with van der Waals surface area (Å²) in [5, 5.41) is 6.74. The molecule has 0 fully saturated rings. The van der Waals surface area contributed by atoms with Crippen molar-refractivity contribution < 1.29 is 4.79 Å². The third-order valence-electron chi connectivity index (χ3n) is 4.02. The lowest BCUT2D eigenvalue weighted by Gasteiger charge is -2.06. The Morgan fingerprint density at radius 2 is 2.07 bits per heavy atom. The van der Waals surface area contributed by atoms with Gasteiger partial charge in [-0.05, 0) is 43.7 Å². The highest BCUT2D eigenvalue weighted by molar-refractivity contribution is 7.99. The van der Waals surface area contributed by atoms with E-state index >= 15 is 0 Å². The number of fused-ring (bicyclic) bond motifs is 1. The van der Waals surface area contributed by atoms with Crippen LogP contribution in [0.25, 0.3) is 22.3 Å². The minimum atomic E-state index is -0.0664. The zero-order chi connectivity index (χ0) is 18.8. The summed E-state index contributed by atoms with van der Waals surface area (Å²) in [5.74, 6) is 0.224. The summed E-state index contributed by atoms with van der Waals surface area (Å²) in [6.45, 7) is 4.03. The second-order valence-electron chi connectivity index (χ2n) is 6.23. The molecule has 2 heterocycles. The lowest BCUT2D eigenvalue weighted by molar-refractivity contribution is -0.113. The molecule has 1 amide bonds. The van der Waals surface area contributed by atoms with Gasteiger partial charge >= 0.3 is 0 Å². The van der Waals surface area contributed by atoms with Gasteiger partial charge in [0.15, 0.2) is 5.16 Å². The summed E-state index contributed by atoms with van der Waals surface area (Å²) in [4.78, 5) is 24.6. The summed E-state index contributed by atoms with van der Waals surface area (Å²) in [7, 11) is 0. The number of rotatable bonds is 5. The molecule has 2 aromatic heterocycles. The number of thioether (sulfide) groups is 1. The van der Waals surface area contributed by atoms with Crippen LogP contribution in [0.5, 0.6) is 0 Å². The summed E-state index contributed by atoms with van der Waals surface area (Å²) < 4.78 is 0. The van der Waals surface area contributed by atoms with E-state index in [0.29, 0.717) is 5.75 Å². The zero-order valence-electron chi connectivity index (χ0n) is 14.9. The number of hydrogen-bond donors (Lipinski definition) is 2. The molecule has 0 bridgehead atoms. The molecule has 0 aliphatic heterocycles. The van der Waals surface area contributed by atoms with Crippen LogP contribution in [0.4, 0.5) is 5.69 Å². The van der Waals surface area contributed by atoms with Gasteiger partial charge in [0.25, 0.3) is 0 Å². The van der Waals surface area contributed by atoms with E-state index in [1.54, 1.807) is 11.3 Å². The van der Waals surface area contributed by atoms with Gasteiger partial charge in [0.2, 0.25) is 5.91 Å². The van der Waals surface area contributed by atoms with E-state index in [-0.39, 0.29) is 5.91 Å². The molecular weight excluding hydrogens is 376 g/mol. The first-order valence-electron chi connectivity index (χ1n) is 8.48. The van der Waals surface area contributed by atoms with Gasteiger partial charge in [0.1, 0.15) is 0 Å². The maximum absolute atomic E-state index is 12.3. The van der Waals surface area contributed by atoms with Crippen LogP contribution in [0, 0.1) is 13.8 Å². The molecule has 0 aliphatic rings. The summed E-state index contributed by atoms with van der Waals surface area (Å²) in [6, 6.07) is 13.8. The minimum absolute atomic E-state index is 0.0664. The van der Waals surface area contributed by atoms with Gasteiger partial charge in [-0.25, -0.2) is 9.97 Å². The van der Waals surface area contributed by atoms with E-state index in [9.17, 15) is 4.79 Å². The summed E-state index contributed by atoms with van der Waals surface area (Å²) in [5.41, 5.74) is 5.77. The molecule has 2 N–H and O–H groups in total. The lowest BCUT2D eigenvalue weighted by atomic mass is 10.1. The number of amides is 1. The average Bonchev–Trinajstić information content (AvgIpc) is 3.25. The summed E-state index contributed by atoms with van der Waals surface area (Å²) >= 11 is 3.01. The van der Waals surface area contributed by atoms with Gasteiger partial charge in [-0.2, -0.15) is 0 Å². The third kappa shape index (κ3) is 4.20.